The van der Waals surface area contributed by atoms with Crippen molar-refractivity contribution < 1.29 is 23.0 Å². The molecule has 0 bridgehead atoms. The molecule has 0 radical (unpaired) electrons. The first-order valence-electron chi connectivity index (χ1n) is 6.24. The molecule has 0 saturated heterocycles. The summed E-state index contributed by atoms with van der Waals surface area (Å²) < 4.78 is 46.1. The molecule has 6 heteroatoms. The summed E-state index contributed by atoms with van der Waals surface area (Å²) >= 11 is 3.29. The van der Waals surface area contributed by atoms with E-state index >= 15 is 0 Å². The lowest BCUT2D eigenvalue weighted by atomic mass is 9.95. The van der Waals surface area contributed by atoms with Crippen molar-refractivity contribution in [2.45, 2.75) is 18.6 Å². The lowest BCUT2D eigenvalue weighted by Crippen LogP contribution is -2.19. The van der Waals surface area contributed by atoms with Crippen LogP contribution in [0.4, 0.5) is 13.2 Å². The van der Waals surface area contributed by atoms with Gasteiger partial charge in [0.25, 0.3) is 0 Å². The molecule has 1 N–H and O–H groups in total. The van der Waals surface area contributed by atoms with Crippen LogP contribution < -0.4 is 4.74 Å². The monoisotopic (exact) mass is 358 g/mol. The van der Waals surface area contributed by atoms with Gasteiger partial charge in [0.15, 0.2) is 17.5 Å². The third kappa shape index (κ3) is 2.65. The van der Waals surface area contributed by atoms with Crippen LogP contribution in [0.2, 0.25) is 0 Å². The van der Waals surface area contributed by atoms with Gasteiger partial charge in [-0.25, -0.2) is 13.2 Å². The molecule has 0 saturated carbocycles. The highest BCUT2D eigenvalue weighted by atomic mass is 79.9. The van der Waals surface area contributed by atoms with Crippen molar-refractivity contribution in [3.8, 4) is 5.75 Å². The van der Waals surface area contributed by atoms with E-state index in [2.05, 4.69) is 15.9 Å². The fraction of sp³-hybridized carbons (Fsp3) is 0.200. The van der Waals surface area contributed by atoms with E-state index in [0.717, 1.165) is 16.6 Å². The fourth-order valence-electron chi connectivity index (χ4n) is 2.38. The van der Waals surface area contributed by atoms with Crippen molar-refractivity contribution in [1.29, 1.82) is 0 Å². The molecule has 1 aliphatic rings. The first-order chi connectivity index (χ1) is 9.95. The second-order valence-corrected chi connectivity index (χ2v) is 5.75. The fourth-order valence-corrected chi connectivity index (χ4v) is 2.72. The summed E-state index contributed by atoms with van der Waals surface area (Å²) in [6, 6.07) is 6.92. The smallest absolute Gasteiger partial charge is 0.194 e. The Kier molecular flexibility index (Phi) is 3.67. The zero-order valence-electron chi connectivity index (χ0n) is 10.6. The van der Waals surface area contributed by atoms with Gasteiger partial charge in [0.2, 0.25) is 0 Å². The number of halogens is 4. The summed E-state index contributed by atoms with van der Waals surface area (Å²) in [4.78, 5) is 0. The van der Waals surface area contributed by atoms with Crippen molar-refractivity contribution in [2.24, 2.45) is 0 Å². The van der Waals surface area contributed by atoms with E-state index in [1.807, 2.05) is 0 Å². The predicted octanol–water partition coefficient (Wildman–Crippen LogP) is 4.42. The van der Waals surface area contributed by atoms with Crippen LogP contribution in [0.3, 0.4) is 0 Å². The van der Waals surface area contributed by atoms with Crippen LogP contribution in [-0.2, 0) is 0 Å². The third-order valence-corrected chi connectivity index (χ3v) is 3.91. The molecule has 0 spiro atoms. The van der Waals surface area contributed by atoms with Gasteiger partial charge in [-0.3, -0.25) is 0 Å². The van der Waals surface area contributed by atoms with Gasteiger partial charge >= 0.3 is 0 Å². The Bertz CT molecular complexity index is 682. The van der Waals surface area contributed by atoms with Crippen molar-refractivity contribution in [1.82, 2.24) is 0 Å². The van der Waals surface area contributed by atoms with E-state index in [-0.39, 0.29) is 12.0 Å². The first-order valence-corrected chi connectivity index (χ1v) is 7.03. The molecular formula is C15H10BrF3O2. The zero-order valence-corrected chi connectivity index (χ0v) is 12.2. The SMILES string of the molecule is O[C@H]1CC(c2cc(F)c(F)c(F)c2)Oc2cc(Br)ccc21. The van der Waals surface area contributed by atoms with Gasteiger partial charge < -0.3 is 9.84 Å². The van der Waals surface area contributed by atoms with Gasteiger partial charge in [-0.05, 0) is 29.8 Å². The summed E-state index contributed by atoms with van der Waals surface area (Å²) in [5.41, 5.74) is 0.758. The second kappa shape index (κ2) is 5.35. The van der Waals surface area contributed by atoms with E-state index in [0.29, 0.717) is 11.3 Å². The molecule has 2 nitrogen and oxygen atoms in total. The van der Waals surface area contributed by atoms with Gasteiger partial charge in [-0.2, -0.15) is 0 Å². The molecular weight excluding hydrogens is 349 g/mol. The van der Waals surface area contributed by atoms with Gasteiger partial charge in [0, 0.05) is 16.5 Å². The summed E-state index contributed by atoms with van der Waals surface area (Å²) in [6.45, 7) is 0. The summed E-state index contributed by atoms with van der Waals surface area (Å²) in [5, 5.41) is 10.1. The van der Waals surface area contributed by atoms with Crippen LogP contribution >= 0.6 is 15.9 Å². The van der Waals surface area contributed by atoms with Crippen molar-refractivity contribution in [3.05, 3.63) is 63.4 Å². The molecule has 21 heavy (non-hydrogen) atoms. The number of fused-ring (bicyclic) bond motifs is 1. The first kappa shape index (κ1) is 14.4. The third-order valence-electron chi connectivity index (χ3n) is 3.42. The minimum Gasteiger partial charge on any atom is -0.485 e. The topological polar surface area (TPSA) is 29.5 Å². The summed E-state index contributed by atoms with van der Waals surface area (Å²) in [7, 11) is 0. The summed E-state index contributed by atoms with van der Waals surface area (Å²) in [6.07, 6.45) is -1.42. The molecule has 0 fully saturated rings. The lowest BCUT2D eigenvalue weighted by molar-refractivity contribution is 0.0652. The highest BCUT2D eigenvalue weighted by Gasteiger charge is 2.29. The predicted molar refractivity (Wildman–Crippen MR) is 73.4 cm³/mol. The number of rotatable bonds is 1. The van der Waals surface area contributed by atoms with Crippen molar-refractivity contribution >= 4 is 15.9 Å². The highest BCUT2D eigenvalue weighted by Crippen LogP contribution is 2.42. The lowest BCUT2D eigenvalue weighted by Gasteiger charge is -2.30. The number of hydrogen-bond donors (Lipinski definition) is 1. The summed E-state index contributed by atoms with van der Waals surface area (Å²) in [5.74, 6) is -3.64. The van der Waals surface area contributed by atoms with Gasteiger partial charge in [-0.15, -0.1) is 0 Å². The van der Waals surface area contributed by atoms with Crippen LogP contribution in [0.25, 0.3) is 0 Å². The number of hydrogen-bond acceptors (Lipinski definition) is 2. The molecule has 0 amide bonds. The quantitative estimate of drug-likeness (QED) is 0.764. The Labute approximate surface area is 127 Å². The average Bonchev–Trinajstić information content (AvgIpc) is 2.43. The average molecular weight is 359 g/mol. The van der Waals surface area contributed by atoms with Crippen molar-refractivity contribution in [2.75, 3.05) is 0 Å². The number of benzene rings is 2. The van der Waals surface area contributed by atoms with E-state index in [1.165, 1.54) is 0 Å². The highest BCUT2D eigenvalue weighted by molar-refractivity contribution is 9.10. The molecule has 1 heterocycles. The Morgan fingerprint density at radius 3 is 2.43 bits per heavy atom. The Hall–Kier alpha value is -1.53. The van der Waals surface area contributed by atoms with Crippen LogP contribution in [0.5, 0.6) is 5.75 Å². The maximum absolute atomic E-state index is 13.3. The number of ether oxygens (including phenoxy) is 1. The van der Waals surface area contributed by atoms with E-state index in [9.17, 15) is 18.3 Å². The molecule has 2 aromatic carbocycles. The molecule has 1 aliphatic heterocycles. The molecule has 2 atom stereocenters. The minimum absolute atomic E-state index is 0.138. The number of aliphatic hydroxyl groups is 1. The Morgan fingerprint density at radius 2 is 1.76 bits per heavy atom. The van der Waals surface area contributed by atoms with Crippen LogP contribution in [0, 0.1) is 17.5 Å². The van der Waals surface area contributed by atoms with Crippen molar-refractivity contribution in [3.63, 3.8) is 0 Å². The molecule has 3 rings (SSSR count). The molecule has 0 aromatic heterocycles. The maximum atomic E-state index is 13.3. The normalized spacial score (nSPS) is 20.8. The van der Waals surface area contributed by atoms with Crippen LogP contribution in [0.15, 0.2) is 34.8 Å². The minimum atomic E-state index is -1.52. The van der Waals surface area contributed by atoms with Gasteiger partial charge in [0.05, 0.1) is 6.10 Å². The molecule has 0 aliphatic carbocycles. The maximum Gasteiger partial charge on any atom is 0.194 e. The Morgan fingerprint density at radius 1 is 1.10 bits per heavy atom. The van der Waals surface area contributed by atoms with E-state index in [1.54, 1.807) is 18.2 Å². The second-order valence-electron chi connectivity index (χ2n) is 4.84. The largest absolute Gasteiger partial charge is 0.485 e. The van der Waals surface area contributed by atoms with Gasteiger partial charge in [0.1, 0.15) is 11.9 Å². The molecule has 1 unspecified atom stereocenters. The van der Waals surface area contributed by atoms with Crippen LogP contribution in [0.1, 0.15) is 29.8 Å². The molecule has 110 valence electrons. The van der Waals surface area contributed by atoms with Crippen LogP contribution in [-0.4, -0.2) is 5.11 Å². The van der Waals surface area contributed by atoms with E-state index < -0.39 is 29.7 Å². The zero-order chi connectivity index (χ0) is 15.1. The Balaban J connectivity index is 1.99. The number of aliphatic hydroxyl groups excluding tert-OH is 1. The van der Waals surface area contributed by atoms with Gasteiger partial charge in [-0.1, -0.05) is 22.0 Å². The molecule has 2 aromatic rings. The van der Waals surface area contributed by atoms with E-state index in [4.69, 9.17) is 4.74 Å². The standard InChI is InChI=1S/C15H10BrF3O2/c16-8-1-2-9-12(20)6-13(21-14(9)5-8)7-3-10(17)15(19)11(18)4-7/h1-5,12-13,20H,6H2/t12-,13?/m0/s1.